The minimum atomic E-state index is -0.450. The van der Waals surface area contributed by atoms with Crippen LogP contribution in [0.3, 0.4) is 0 Å². The van der Waals surface area contributed by atoms with Crippen LogP contribution in [0.25, 0.3) is 10.4 Å². The van der Waals surface area contributed by atoms with Gasteiger partial charge in [-0.05, 0) is 36.8 Å². The van der Waals surface area contributed by atoms with Crippen LogP contribution >= 0.6 is 22.9 Å². The number of carbonyl (C=O) groups is 2. The number of hydrogen-bond acceptors (Lipinski definition) is 8. The van der Waals surface area contributed by atoms with Crippen molar-refractivity contribution in [1.29, 1.82) is 0 Å². The zero-order valence-electron chi connectivity index (χ0n) is 18.2. The normalized spacial score (nSPS) is 14.2. The summed E-state index contributed by atoms with van der Waals surface area (Å²) in [7, 11) is 0. The summed E-state index contributed by atoms with van der Waals surface area (Å²) in [6.45, 7) is 5.17. The van der Waals surface area contributed by atoms with Gasteiger partial charge in [-0.15, -0.1) is 11.3 Å². The van der Waals surface area contributed by atoms with Gasteiger partial charge in [0, 0.05) is 48.5 Å². The molecule has 0 bridgehead atoms. The van der Waals surface area contributed by atoms with Gasteiger partial charge in [0.2, 0.25) is 11.9 Å². The smallest absolute Gasteiger partial charge is 0.350 e. The molecule has 2 aromatic heterocycles. The lowest BCUT2D eigenvalue weighted by Gasteiger charge is -2.34. The molecule has 1 aliphatic heterocycles. The second-order valence-electron chi connectivity index (χ2n) is 7.44. The molecular formula is C23H24ClN5O3S. The summed E-state index contributed by atoms with van der Waals surface area (Å²) in [5.41, 5.74) is 1.37. The van der Waals surface area contributed by atoms with E-state index in [1.807, 2.05) is 18.2 Å². The van der Waals surface area contributed by atoms with Crippen molar-refractivity contribution >= 4 is 46.4 Å². The Morgan fingerprint density at radius 1 is 1.12 bits per heavy atom. The van der Waals surface area contributed by atoms with E-state index >= 15 is 0 Å². The zero-order valence-corrected chi connectivity index (χ0v) is 19.7. The Morgan fingerprint density at radius 2 is 1.82 bits per heavy atom. The van der Waals surface area contributed by atoms with Crippen LogP contribution in [0.5, 0.6) is 0 Å². The number of rotatable bonds is 7. The van der Waals surface area contributed by atoms with Crippen molar-refractivity contribution in [3.63, 3.8) is 0 Å². The van der Waals surface area contributed by atoms with E-state index in [2.05, 4.69) is 25.1 Å². The van der Waals surface area contributed by atoms with Crippen LogP contribution in [0.4, 0.5) is 11.6 Å². The summed E-state index contributed by atoms with van der Waals surface area (Å²) in [4.78, 5) is 39.3. The quantitative estimate of drug-likeness (QED) is 0.509. The van der Waals surface area contributed by atoms with Crippen molar-refractivity contribution in [2.24, 2.45) is 0 Å². The molecule has 3 heterocycles. The first kappa shape index (κ1) is 23.2. The molecule has 1 N–H and O–H groups in total. The lowest BCUT2D eigenvalue weighted by atomic mass is 10.2. The van der Waals surface area contributed by atoms with E-state index in [1.54, 1.807) is 37.5 Å². The van der Waals surface area contributed by atoms with Crippen LogP contribution in [-0.4, -0.2) is 66.1 Å². The van der Waals surface area contributed by atoms with Gasteiger partial charge in [0.25, 0.3) is 0 Å². The number of anilines is 2. The number of esters is 1. The van der Waals surface area contributed by atoms with Crippen molar-refractivity contribution in [1.82, 2.24) is 14.9 Å². The Bertz CT molecular complexity index is 1100. The summed E-state index contributed by atoms with van der Waals surface area (Å²) < 4.78 is 5.19. The number of piperazine rings is 1. The molecule has 1 saturated heterocycles. The Labute approximate surface area is 201 Å². The van der Waals surface area contributed by atoms with Gasteiger partial charge in [0.05, 0.1) is 18.8 Å². The topological polar surface area (TPSA) is 87.7 Å². The van der Waals surface area contributed by atoms with Crippen molar-refractivity contribution < 1.29 is 14.3 Å². The molecule has 4 rings (SSSR count). The zero-order chi connectivity index (χ0) is 23.2. The van der Waals surface area contributed by atoms with Gasteiger partial charge in [-0.3, -0.25) is 9.69 Å². The lowest BCUT2D eigenvalue weighted by Crippen LogP contribution is -2.49. The first-order valence-electron chi connectivity index (χ1n) is 10.6. The number of halogens is 1. The monoisotopic (exact) mass is 485 g/mol. The number of hydrogen-bond donors (Lipinski definition) is 1. The Hall–Kier alpha value is -3.01. The Kier molecular flexibility index (Phi) is 7.54. The second-order valence-corrected chi connectivity index (χ2v) is 8.93. The SMILES string of the molecule is CCOC(=O)c1sc(-c2ccc(Cl)cc2)cc1NC(=O)CN1CCN(c2ncccn2)CC1. The number of ether oxygens (including phenoxy) is 1. The summed E-state index contributed by atoms with van der Waals surface area (Å²) >= 11 is 7.28. The molecule has 10 heteroatoms. The summed E-state index contributed by atoms with van der Waals surface area (Å²) in [5.74, 6) is 0.0774. The van der Waals surface area contributed by atoms with Crippen LogP contribution < -0.4 is 10.2 Å². The standard InChI is InChI=1S/C23H24ClN5O3S/c1-2-32-22(31)21-18(14-19(33-21)16-4-6-17(24)7-5-16)27-20(30)15-28-10-12-29(13-11-28)23-25-8-3-9-26-23/h3-9,14H,2,10-13,15H2,1H3,(H,27,30). The van der Waals surface area contributed by atoms with E-state index in [-0.39, 0.29) is 19.1 Å². The van der Waals surface area contributed by atoms with E-state index in [4.69, 9.17) is 16.3 Å². The highest BCUT2D eigenvalue weighted by Gasteiger charge is 2.23. The minimum absolute atomic E-state index is 0.176. The molecule has 0 spiro atoms. The molecule has 172 valence electrons. The fraction of sp³-hybridized carbons (Fsp3) is 0.304. The fourth-order valence-electron chi connectivity index (χ4n) is 3.54. The molecule has 0 aliphatic carbocycles. The van der Waals surface area contributed by atoms with Gasteiger partial charge < -0.3 is 15.0 Å². The molecule has 0 unspecified atom stereocenters. The maximum atomic E-state index is 12.8. The van der Waals surface area contributed by atoms with Gasteiger partial charge >= 0.3 is 5.97 Å². The van der Waals surface area contributed by atoms with Gasteiger partial charge in [-0.2, -0.15) is 0 Å². The van der Waals surface area contributed by atoms with Gasteiger partial charge in [-0.1, -0.05) is 23.7 Å². The van der Waals surface area contributed by atoms with Gasteiger partial charge in [-0.25, -0.2) is 14.8 Å². The van der Waals surface area contributed by atoms with E-state index in [1.165, 1.54) is 11.3 Å². The number of nitrogens with zero attached hydrogens (tertiary/aromatic N) is 4. The maximum Gasteiger partial charge on any atom is 0.350 e. The van der Waals surface area contributed by atoms with E-state index in [9.17, 15) is 9.59 Å². The predicted molar refractivity (Wildman–Crippen MR) is 130 cm³/mol. The highest BCUT2D eigenvalue weighted by molar-refractivity contribution is 7.18. The van der Waals surface area contributed by atoms with Crippen molar-refractivity contribution in [3.8, 4) is 10.4 Å². The second kappa shape index (κ2) is 10.7. The van der Waals surface area contributed by atoms with Crippen molar-refractivity contribution in [2.75, 3.05) is 49.5 Å². The summed E-state index contributed by atoms with van der Waals surface area (Å²) in [5, 5.41) is 3.54. The van der Waals surface area contributed by atoms with Gasteiger partial charge in [0.1, 0.15) is 4.88 Å². The number of nitrogens with one attached hydrogen (secondary N) is 1. The number of benzene rings is 1. The predicted octanol–water partition coefficient (Wildman–Crippen LogP) is 3.80. The molecule has 0 saturated carbocycles. The molecule has 1 fully saturated rings. The molecule has 33 heavy (non-hydrogen) atoms. The van der Waals surface area contributed by atoms with Crippen molar-refractivity contribution in [3.05, 3.63) is 58.7 Å². The first-order chi connectivity index (χ1) is 16.0. The number of carbonyl (C=O) groups excluding carboxylic acids is 2. The van der Waals surface area contributed by atoms with E-state index in [0.717, 1.165) is 36.6 Å². The van der Waals surface area contributed by atoms with E-state index in [0.29, 0.717) is 21.5 Å². The summed E-state index contributed by atoms with van der Waals surface area (Å²) in [6.07, 6.45) is 3.45. The fourth-order valence-corrected chi connectivity index (χ4v) is 4.68. The molecule has 0 radical (unpaired) electrons. The molecule has 8 nitrogen and oxygen atoms in total. The molecule has 3 aromatic rings. The molecular weight excluding hydrogens is 462 g/mol. The Balaban J connectivity index is 1.41. The van der Waals surface area contributed by atoms with Crippen LogP contribution in [-0.2, 0) is 9.53 Å². The average molecular weight is 486 g/mol. The van der Waals surface area contributed by atoms with Crippen LogP contribution in [0, 0.1) is 0 Å². The third-order valence-electron chi connectivity index (χ3n) is 5.17. The lowest BCUT2D eigenvalue weighted by molar-refractivity contribution is -0.117. The first-order valence-corrected chi connectivity index (χ1v) is 11.8. The molecule has 1 aliphatic rings. The molecule has 0 atom stereocenters. The molecule has 1 amide bonds. The van der Waals surface area contributed by atoms with Gasteiger partial charge in [0.15, 0.2) is 0 Å². The van der Waals surface area contributed by atoms with Crippen LogP contribution in [0.15, 0.2) is 48.8 Å². The number of aromatic nitrogens is 2. The maximum absolute atomic E-state index is 12.8. The molecule has 1 aromatic carbocycles. The number of thiophene rings is 1. The third-order valence-corrected chi connectivity index (χ3v) is 6.59. The van der Waals surface area contributed by atoms with Crippen molar-refractivity contribution in [2.45, 2.75) is 6.92 Å². The minimum Gasteiger partial charge on any atom is -0.462 e. The third kappa shape index (κ3) is 5.87. The average Bonchev–Trinajstić information content (AvgIpc) is 3.24. The van der Waals surface area contributed by atoms with Crippen LogP contribution in [0.1, 0.15) is 16.6 Å². The highest BCUT2D eigenvalue weighted by Crippen LogP contribution is 2.36. The largest absolute Gasteiger partial charge is 0.462 e. The Morgan fingerprint density at radius 3 is 2.48 bits per heavy atom. The number of amides is 1. The highest BCUT2D eigenvalue weighted by atomic mass is 35.5. The van der Waals surface area contributed by atoms with E-state index < -0.39 is 5.97 Å². The van der Waals surface area contributed by atoms with Crippen LogP contribution in [0.2, 0.25) is 5.02 Å². The summed E-state index contributed by atoms with van der Waals surface area (Å²) in [6, 6.07) is 10.9.